The summed E-state index contributed by atoms with van der Waals surface area (Å²) in [6.45, 7) is 0. The van der Waals surface area contributed by atoms with E-state index in [9.17, 15) is 9.59 Å². The number of halogens is 1. The monoisotopic (exact) mass is 334 g/mol. The Morgan fingerprint density at radius 2 is 1.70 bits per heavy atom. The fourth-order valence-corrected chi connectivity index (χ4v) is 1.76. The van der Waals surface area contributed by atoms with E-state index < -0.39 is 11.9 Å². The van der Waals surface area contributed by atoms with Gasteiger partial charge in [0.25, 0.3) is 5.91 Å². The molecule has 0 unspecified atom stereocenters. The lowest BCUT2D eigenvalue weighted by Gasteiger charge is -2.07. The zero-order valence-corrected chi connectivity index (χ0v) is 11.9. The Hall–Kier alpha value is -2.34. The lowest BCUT2D eigenvalue weighted by molar-refractivity contribution is 0.0231. The van der Waals surface area contributed by atoms with Crippen LogP contribution in [0.1, 0.15) is 20.7 Å². The number of hydrogen-bond acceptors (Lipinski definition) is 4. The van der Waals surface area contributed by atoms with Crippen LogP contribution in [0.2, 0.25) is 0 Å². The van der Waals surface area contributed by atoms with Crippen LogP contribution in [0.25, 0.3) is 0 Å². The molecule has 2 aromatic carbocycles. The number of nitrogens with one attached hydrogen (secondary N) is 1. The molecule has 0 saturated carbocycles. The number of hydrogen-bond donors (Lipinski definition) is 2. The van der Waals surface area contributed by atoms with E-state index >= 15 is 0 Å². The molecule has 0 heterocycles. The molecule has 102 valence electrons. The maximum atomic E-state index is 11.7. The summed E-state index contributed by atoms with van der Waals surface area (Å²) in [5.74, 6) is -1.23. The van der Waals surface area contributed by atoms with E-state index in [0.29, 0.717) is 5.56 Å². The van der Waals surface area contributed by atoms with Crippen LogP contribution in [0.5, 0.6) is 0 Å². The van der Waals surface area contributed by atoms with Crippen LogP contribution in [0, 0.1) is 0 Å². The normalized spacial score (nSPS) is 9.85. The van der Waals surface area contributed by atoms with Gasteiger partial charge in [0.2, 0.25) is 0 Å². The second kappa shape index (κ2) is 6.21. The molecule has 0 radical (unpaired) electrons. The standard InChI is InChI=1S/C14H11BrN2O3/c15-10-7-5-9(6-8-10)13(18)17-20-14(19)11-3-1-2-4-12(11)16/h1-8H,16H2,(H,17,18). The Morgan fingerprint density at radius 3 is 2.35 bits per heavy atom. The van der Waals surface area contributed by atoms with Crippen molar-refractivity contribution in [3.05, 3.63) is 64.1 Å². The molecule has 6 heteroatoms. The van der Waals surface area contributed by atoms with Crippen molar-refractivity contribution in [3.63, 3.8) is 0 Å². The topological polar surface area (TPSA) is 81.4 Å². The van der Waals surface area contributed by atoms with Crippen LogP contribution in [0.4, 0.5) is 5.69 Å². The number of benzene rings is 2. The van der Waals surface area contributed by atoms with Crippen LogP contribution < -0.4 is 11.2 Å². The first-order valence-electron chi connectivity index (χ1n) is 5.69. The number of nitrogen functional groups attached to an aromatic ring is 1. The molecule has 0 atom stereocenters. The molecular formula is C14H11BrN2O3. The molecule has 0 aliphatic carbocycles. The highest BCUT2D eigenvalue weighted by atomic mass is 79.9. The third-order valence-electron chi connectivity index (χ3n) is 2.52. The number of nitrogens with two attached hydrogens (primary N) is 1. The molecule has 0 aromatic heterocycles. The van der Waals surface area contributed by atoms with Gasteiger partial charge in [-0.3, -0.25) is 4.79 Å². The van der Waals surface area contributed by atoms with Crippen LogP contribution in [-0.4, -0.2) is 11.9 Å². The van der Waals surface area contributed by atoms with Gasteiger partial charge in [-0.1, -0.05) is 28.1 Å². The van der Waals surface area contributed by atoms with Crippen molar-refractivity contribution in [2.45, 2.75) is 0 Å². The van der Waals surface area contributed by atoms with Crippen molar-refractivity contribution in [2.75, 3.05) is 5.73 Å². The molecule has 0 aliphatic rings. The van der Waals surface area contributed by atoms with Crippen molar-refractivity contribution in [1.82, 2.24) is 5.48 Å². The summed E-state index contributed by atoms with van der Waals surface area (Å²) in [6.07, 6.45) is 0. The SMILES string of the molecule is Nc1ccccc1C(=O)ONC(=O)c1ccc(Br)cc1. The van der Waals surface area contributed by atoms with E-state index in [1.165, 1.54) is 6.07 Å². The molecular weight excluding hydrogens is 324 g/mol. The number of rotatable bonds is 2. The van der Waals surface area contributed by atoms with Gasteiger partial charge in [0.15, 0.2) is 0 Å². The number of hydroxylamine groups is 1. The Bertz CT molecular complexity index is 641. The average Bonchev–Trinajstić information content (AvgIpc) is 2.45. The maximum absolute atomic E-state index is 11.7. The average molecular weight is 335 g/mol. The molecule has 0 fully saturated rings. The van der Waals surface area contributed by atoms with Crippen LogP contribution >= 0.6 is 15.9 Å². The second-order valence-corrected chi connectivity index (χ2v) is 4.83. The molecule has 5 nitrogen and oxygen atoms in total. The predicted octanol–water partition coefficient (Wildman–Crippen LogP) is 2.53. The van der Waals surface area contributed by atoms with E-state index in [-0.39, 0.29) is 11.3 Å². The predicted molar refractivity (Wildman–Crippen MR) is 77.9 cm³/mol. The maximum Gasteiger partial charge on any atom is 0.365 e. The second-order valence-electron chi connectivity index (χ2n) is 3.91. The van der Waals surface area contributed by atoms with Crippen molar-refractivity contribution in [3.8, 4) is 0 Å². The molecule has 2 rings (SSSR count). The number of amides is 1. The first-order chi connectivity index (χ1) is 9.58. The Labute approximate surface area is 123 Å². The number of carbonyl (C=O) groups is 2. The summed E-state index contributed by atoms with van der Waals surface area (Å²) in [7, 11) is 0. The third-order valence-corrected chi connectivity index (χ3v) is 3.05. The zero-order chi connectivity index (χ0) is 14.5. The van der Waals surface area contributed by atoms with Gasteiger partial charge in [-0.05, 0) is 36.4 Å². The minimum Gasteiger partial charge on any atom is -0.398 e. The number of para-hydroxylation sites is 1. The first kappa shape index (κ1) is 14.1. The minimum absolute atomic E-state index is 0.198. The molecule has 3 N–H and O–H groups in total. The lowest BCUT2D eigenvalue weighted by atomic mass is 10.2. The fraction of sp³-hybridized carbons (Fsp3) is 0. The smallest absolute Gasteiger partial charge is 0.365 e. The van der Waals surface area contributed by atoms with Gasteiger partial charge >= 0.3 is 5.97 Å². The van der Waals surface area contributed by atoms with Crippen molar-refractivity contribution in [1.29, 1.82) is 0 Å². The van der Waals surface area contributed by atoms with Crippen LogP contribution in [-0.2, 0) is 4.84 Å². The van der Waals surface area contributed by atoms with Gasteiger partial charge in [-0.25, -0.2) is 4.79 Å². The van der Waals surface area contributed by atoms with Crippen molar-refractivity contribution in [2.24, 2.45) is 0 Å². The highest BCUT2D eigenvalue weighted by molar-refractivity contribution is 9.10. The van der Waals surface area contributed by atoms with E-state index in [1.807, 2.05) is 0 Å². The summed E-state index contributed by atoms with van der Waals surface area (Å²) in [5, 5.41) is 0. The molecule has 1 amide bonds. The van der Waals surface area contributed by atoms with Crippen LogP contribution in [0.3, 0.4) is 0 Å². The van der Waals surface area contributed by atoms with Crippen LogP contribution in [0.15, 0.2) is 53.0 Å². The molecule has 0 saturated heterocycles. The third kappa shape index (κ3) is 3.36. The fourth-order valence-electron chi connectivity index (χ4n) is 1.49. The largest absolute Gasteiger partial charge is 0.398 e. The summed E-state index contributed by atoms with van der Waals surface area (Å²) in [5.41, 5.74) is 8.58. The van der Waals surface area contributed by atoms with E-state index in [4.69, 9.17) is 10.6 Å². The van der Waals surface area contributed by atoms with E-state index in [2.05, 4.69) is 21.4 Å². The van der Waals surface area contributed by atoms with E-state index in [1.54, 1.807) is 42.5 Å². The highest BCUT2D eigenvalue weighted by Crippen LogP contribution is 2.12. The summed E-state index contributed by atoms with van der Waals surface area (Å²) >= 11 is 3.26. The van der Waals surface area contributed by atoms with Gasteiger partial charge in [0.05, 0.1) is 5.56 Å². The van der Waals surface area contributed by atoms with Gasteiger partial charge in [0, 0.05) is 15.7 Å². The van der Waals surface area contributed by atoms with Crippen molar-refractivity contribution < 1.29 is 14.4 Å². The van der Waals surface area contributed by atoms with E-state index in [0.717, 1.165) is 4.47 Å². The highest BCUT2D eigenvalue weighted by Gasteiger charge is 2.13. The zero-order valence-electron chi connectivity index (χ0n) is 10.3. The lowest BCUT2D eigenvalue weighted by Crippen LogP contribution is -2.27. The quantitative estimate of drug-likeness (QED) is 0.653. The summed E-state index contributed by atoms with van der Waals surface area (Å²) in [4.78, 5) is 28.2. The molecule has 0 bridgehead atoms. The summed E-state index contributed by atoms with van der Waals surface area (Å²) in [6, 6.07) is 13.1. The minimum atomic E-state index is -0.714. The van der Waals surface area contributed by atoms with Gasteiger partial charge in [-0.2, -0.15) is 5.48 Å². The van der Waals surface area contributed by atoms with Crippen molar-refractivity contribution >= 4 is 33.5 Å². The van der Waals surface area contributed by atoms with Gasteiger partial charge in [-0.15, -0.1) is 0 Å². The number of carbonyl (C=O) groups excluding carboxylic acids is 2. The first-order valence-corrected chi connectivity index (χ1v) is 6.49. The van der Waals surface area contributed by atoms with Gasteiger partial charge < -0.3 is 10.6 Å². The molecule has 0 spiro atoms. The Kier molecular flexibility index (Phi) is 4.37. The molecule has 20 heavy (non-hydrogen) atoms. The summed E-state index contributed by atoms with van der Waals surface area (Å²) < 4.78 is 0.850. The molecule has 0 aliphatic heterocycles. The number of anilines is 1. The Morgan fingerprint density at radius 1 is 1.05 bits per heavy atom. The molecule has 2 aromatic rings. The van der Waals surface area contributed by atoms with Gasteiger partial charge in [0.1, 0.15) is 0 Å². The Balaban J connectivity index is 1.99.